The Balaban J connectivity index is 0.00000165. The molecular formula is C31H36ClN7O2. The Labute approximate surface area is 245 Å². The number of rotatable bonds is 7. The number of hydrogen-bond acceptors (Lipinski definition) is 6. The second-order valence-corrected chi connectivity index (χ2v) is 10.1. The van der Waals surface area contributed by atoms with Gasteiger partial charge in [-0.1, -0.05) is 25.1 Å². The maximum absolute atomic E-state index is 13.6. The molecule has 1 aliphatic heterocycles. The molecular weight excluding hydrogens is 538 g/mol. The molecule has 41 heavy (non-hydrogen) atoms. The molecule has 9 nitrogen and oxygen atoms in total. The highest BCUT2D eigenvalue weighted by molar-refractivity contribution is 6.15. The maximum Gasteiger partial charge on any atom is 0.257 e. The van der Waals surface area contributed by atoms with Crippen molar-refractivity contribution in [2.24, 2.45) is 7.05 Å². The van der Waals surface area contributed by atoms with Crippen LogP contribution in [0.5, 0.6) is 11.5 Å². The first-order valence-electron chi connectivity index (χ1n) is 13.8. The van der Waals surface area contributed by atoms with E-state index in [1.165, 1.54) is 6.38 Å². The molecule has 0 bridgehead atoms. The molecule has 1 aliphatic rings. The number of ether oxygens (including phenoxy) is 1. The van der Waals surface area contributed by atoms with Crippen LogP contribution in [0.2, 0.25) is 0 Å². The molecule has 10 heteroatoms. The number of benzene rings is 2. The number of fused-ring (bicyclic) bond motifs is 2. The van der Waals surface area contributed by atoms with Gasteiger partial charge in [0.05, 0.1) is 16.9 Å². The number of piperidine rings is 1. The highest BCUT2D eigenvalue weighted by atomic mass is 35.5. The fourth-order valence-electron chi connectivity index (χ4n) is 5.43. The van der Waals surface area contributed by atoms with Crippen molar-refractivity contribution in [2.45, 2.75) is 32.7 Å². The van der Waals surface area contributed by atoms with Gasteiger partial charge in [-0.15, -0.1) is 11.6 Å². The number of nitrogens with one attached hydrogen (secondary N) is 2. The molecule has 0 unspecified atom stereocenters. The first-order chi connectivity index (χ1) is 20.0. The summed E-state index contributed by atoms with van der Waals surface area (Å²) in [5, 5.41) is 12.3. The van der Waals surface area contributed by atoms with Crippen LogP contribution >= 0.6 is 11.6 Å². The van der Waals surface area contributed by atoms with Crippen LogP contribution in [-0.4, -0.2) is 57.1 Å². The number of carbonyl (C=O) groups excluding carboxylic acids is 1. The van der Waals surface area contributed by atoms with Crippen LogP contribution in [0.1, 0.15) is 35.8 Å². The number of amides is 1. The predicted octanol–water partition coefficient (Wildman–Crippen LogP) is 6.01. The smallest absolute Gasteiger partial charge is 0.257 e. The fourth-order valence-corrected chi connectivity index (χ4v) is 5.43. The summed E-state index contributed by atoms with van der Waals surface area (Å²) in [6, 6.07) is 15.9. The SMILES string of the molecule is CCNC1CCN(c2ccc(C(=O)Nc3cc(Oc4ccccc4)c4nc(C)cn4c3)c3nn(C)cc23)CC1.CCl. The number of nitrogens with zero attached hydrogens (tertiary/aromatic N) is 5. The first-order valence-corrected chi connectivity index (χ1v) is 14.6. The van der Waals surface area contributed by atoms with E-state index in [-0.39, 0.29) is 5.91 Å². The summed E-state index contributed by atoms with van der Waals surface area (Å²) in [4.78, 5) is 20.6. The Morgan fingerprint density at radius 2 is 1.83 bits per heavy atom. The van der Waals surface area contributed by atoms with E-state index in [9.17, 15) is 4.79 Å². The van der Waals surface area contributed by atoms with Crippen LogP contribution < -0.4 is 20.3 Å². The first kappa shape index (κ1) is 28.4. The number of alkyl halides is 1. The van der Waals surface area contributed by atoms with Crippen molar-refractivity contribution in [3.63, 3.8) is 0 Å². The number of halogens is 1. The second-order valence-electron chi connectivity index (χ2n) is 10.1. The number of hydrogen-bond donors (Lipinski definition) is 2. The lowest BCUT2D eigenvalue weighted by atomic mass is 10.0. The van der Waals surface area contributed by atoms with Gasteiger partial charge in [-0.3, -0.25) is 9.48 Å². The zero-order chi connectivity index (χ0) is 28.9. The van der Waals surface area contributed by atoms with Crippen molar-refractivity contribution >= 4 is 45.4 Å². The van der Waals surface area contributed by atoms with E-state index in [0.717, 1.165) is 49.2 Å². The van der Waals surface area contributed by atoms with E-state index in [4.69, 9.17) is 4.74 Å². The van der Waals surface area contributed by atoms with Crippen LogP contribution in [-0.2, 0) is 7.05 Å². The van der Waals surface area contributed by atoms with E-state index in [2.05, 4.69) is 50.2 Å². The van der Waals surface area contributed by atoms with Crippen molar-refractivity contribution in [3.05, 3.63) is 78.4 Å². The van der Waals surface area contributed by atoms with E-state index in [0.29, 0.717) is 40.0 Å². The second kappa shape index (κ2) is 12.6. The van der Waals surface area contributed by atoms with Crippen molar-refractivity contribution in [3.8, 4) is 11.5 Å². The topological polar surface area (TPSA) is 88.7 Å². The van der Waals surface area contributed by atoms with Gasteiger partial charge in [-0.2, -0.15) is 5.10 Å². The number of pyridine rings is 1. The number of para-hydroxylation sites is 1. The van der Waals surface area contributed by atoms with Gasteiger partial charge in [0, 0.05) is 68.3 Å². The molecule has 1 fully saturated rings. The Morgan fingerprint density at radius 1 is 1.07 bits per heavy atom. The molecule has 6 rings (SSSR count). The number of aryl methyl sites for hydroxylation is 2. The lowest BCUT2D eigenvalue weighted by Gasteiger charge is -2.34. The van der Waals surface area contributed by atoms with Crippen LogP contribution in [0.25, 0.3) is 16.6 Å². The Bertz CT molecular complexity index is 1640. The van der Waals surface area contributed by atoms with Gasteiger partial charge >= 0.3 is 0 Å². The summed E-state index contributed by atoms with van der Waals surface area (Å²) < 4.78 is 9.81. The Hall–Kier alpha value is -4.08. The fraction of sp³-hybridized carbons (Fsp3) is 0.323. The van der Waals surface area contributed by atoms with Gasteiger partial charge < -0.3 is 24.7 Å². The molecule has 0 radical (unpaired) electrons. The molecule has 1 amide bonds. The van der Waals surface area contributed by atoms with Crippen LogP contribution in [0, 0.1) is 6.92 Å². The molecule has 0 atom stereocenters. The minimum atomic E-state index is -0.224. The molecule has 2 aromatic carbocycles. The highest BCUT2D eigenvalue weighted by Crippen LogP contribution is 2.33. The van der Waals surface area contributed by atoms with Gasteiger partial charge in [0.25, 0.3) is 5.91 Å². The molecule has 3 aromatic heterocycles. The molecule has 2 N–H and O–H groups in total. The van der Waals surface area contributed by atoms with Gasteiger partial charge in [0.15, 0.2) is 11.4 Å². The van der Waals surface area contributed by atoms with Crippen molar-refractivity contribution in [2.75, 3.05) is 36.2 Å². The van der Waals surface area contributed by atoms with Gasteiger partial charge in [-0.25, -0.2) is 4.98 Å². The molecule has 214 valence electrons. The van der Waals surface area contributed by atoms with Gasteiger partial charge in [0.1, 0.15) is 11.3 Å². The molecule has 5 aromatic rings. The Kier molecular flexibility index (Phi) is 8.75. The van der Waals surface area contributed by atoms with Gasteiger partial charge in [-0.05, 0) is 50.6 Å². The normalized spacial score (nSPS) is 13.7. The van der Waals surface area contributed by atoms with E-state index in [1.54, 1.807) is 4.68 Å². The van der Waals surface area contributed by atoms with Crippen LogP contribution in [0.4, 0.5) is 11.4 Å². The minimum absolute atomic E-state index is 0.224. The van der Waals surface area contributed by atoms with E-state index < -0.39 is 0 Å². The third kappa shape index (κ3) is 6.16. The molecule has 4 heterocycles. The largest absolute Gasteiger partial charge is 0.453 e. The number of imidazole rings is 1. The van der Waals surface area contributed by atoms with Crippen LogP contribution in [0.3, 0.4) is 0 Å². The molecule has 0 aliphatic carbocycles. The van der Waals surface area contributed by atoms with Crippen LogP contribution in [0.15, 0.2) is 67.1 Å². The summed E-state index contributed by atoms with van der Waals surface area (Å²) in [7, 11) is 1.89. The minimum Gasteiger partial charge on any atom is -0.453 e. The molecule has 0 saturated carbocycles. The van der Waals surface area contributed by atoms with Crippen molar-refractivity contribution < 1.29 is 9.53 Å². The van der Waals surface area contributed by atoms with Crippen molar-refractivity contribution in [1.29, 1.82) is 0 Å². The number of carbonyl (C=O) groups is 1. The Morgan fingerprint density at radius 3 is 2.56 bits per heavy atom. The quantitative estimate of drug-likeness (QED) is 0.232. The van der Waals surface area contributed by atoms with Crippen molar-refractivity contribution in [1.82, 2.24) is 24.5 Å². The summed E-state index contributed by atoms with van der Waals surface area (Å²) in [5.41, 5.74) is 4.50. The number of anilines is 2. The average Bonchev–Trinajstić information content (AvgIpc) is 3.56. The maximum atomic E-state index is 13.6. The lowest BCUT2D eigenvalue weighted by Crippen LogP contribution is -2.42. The van der Waals surface area contributed by atoms with Gasteiger partial charge in [0.2, 0.25) is 0 Å². The number of aromatic nitrogens is 4. The zero-order valence-electron chi connectivity index (χ0n) is 23.9. The molecule has 0 spiro atoms. The summed E-state index contributed by atoms with van der Waals surface area (Å²) >= 11 is 4.64. The predicted molar refractivity (Wildman–Crippen MR) is 166 cm³/mol. The summed E-state index contributed by atoms with van der Waals surface area (Å²) in [6.07, 6.45) is 9.43. The summed E-state index contributed by atoms with van der Waals surface area (Å²) in [6.45, 7) is 7.03. The van der Waals surface area contributed by atoms with E-state index >= 15 is 0 Å². The standard InChI is InChI=1S/C30H33N7O2.CH3Cl/c1-4-31-21-12-14-36(15-13-21)26-11-10-24(28-25(26)19-35(3)34-28)30(38)33-22-16-27(39-23-8-6-5-7-9-23)29-32-20(2)17-37(29)18-22;1-2/h5-11,16-19,21,31H,4,12-15H2,1-3H3,(H,33,38);1H3. The molecule has 1 saturated heterocycles. The van der Waals surface area contributed by atoms with E-state index in [1.807, 2.05) is 79.4 Å². The monoisotopic (exact) mass is 573 g/mol. The summed E-state index contributed by atoms with van der Waals surface area (Å²) in [5.74, 6) is 1.04. The third-order valence-corrected chi connectivity index (χ3v) is 7.21. The average molecular weight is 574 g/mol. The highest BCUT2D eigenvalue weighted by Gasteiger charge is 2.23. The lowest BCUT2D eigenvalue weighted by molar-refractivity contribution is 0.102. The zero-order valence-corrected chi connectivity index (χ0v) is 24.7. The third-order valence-electron chi connectivity index (χ3n) is 7.21.